The summed E-state index contributed by atoms with van der Waals surface area (Å²) in [6.07, 6.45) is 0.903. The van der Waals surface area contributed by atoms with Crippen molar-refractivity contribution in [3.05, 3.63) is 59.4 Å². The van der Waals surface area contributed by atoms with E-state index in [0.717, 1.165) is 12.0 Å². The van der Waals surface area contributed by atoms with Gasteiger partial charge in [0.05, 0.1) is 0 Å². The van der Waals surface area contributed by atoms with Crippen LogP contribution in [0.1, 0.15) is 18.1 Å². The molecule has 0 radical (unpaired) electrons. The van der Waals surface area contributed by atoms with E-state index >= 15 is 0 Å². The maximum atomic E-state index is 13.8. The number of benzene rings is 2. The highest BCUT2D eigenvalue weighted by Crippen LogP contribution is 2.26. The summed E-state index contributed by atoms with van der Waals surface area (Å²) in [6.45, 7) is 2.05. The third kappa shape index (κ3) is 3.29. The minimum atomic E-state index is -0.479. The lowest BCUT2D eigenvalue weighted by Gasteiger charge is -2.09. The lowest BCUT2D eigenvalue weighted by Crippen LogP contribution is -2.09. The van der Waals surface area contributed by atoms with Crippen molar-refractivity contribution >= 4 is 17.2 Å². The minimum Gasteiger partial charge on any atom is -0.454 e. The molecule has 0 atom stereocenters. The summed E-state index contributed by atoms with van der Waals surface area (Å²) in [7, 11) is 0. The molecule has 19 heavy (non-hydrogen) atoms. The van der Waals surface area contributed by atoms with Gasteiger partial charge in [0.2, 0.25) is 0 Å². The lowest BCUT2D eigenvalue weighted by atomic mass is 10.1. The summed E-state index contributed by atoms with van der Waals surface area (Å²) in [5, 5.41) is 0. The highest BCUT2D eigenvalue weighted by molar-refractivity contribution is 7.80. The van der Waals surface area contributed by atoms with Gasteiger partial charge in [0.15, 0.2) is 11.6 Å². The van der Waals surface area contributed by atoms with Crippen molar-refractivity contribution in [3.63, 3.8) is 0 Å². The van der Waals surface area contributed by atoms with Crippen molar-refractivity contribution in [1.82, 2.24) is 0 Å². The molecule has 0 aliphatic heterocycles. The summed E-state index contributed by atoms with van der Waals surface area (Å²) >= 11 is 4.80. The van der Waals surface area contributed by atoms with Crippen LogP contribution in [0.25, 0.3) is 0 Å². The molecule has 0 spiro atoms. The van der Waals surface area contributed by atoms with E-state index in [1.54, 1.807) is 12.1 Å². The maximum absolute atomic E-state index is 13.8. The van der Waals surface area contributed by atoms with Crippen LogP contribution in [0.3, 0.4) is 0 Å². The van der Waals surface area contributed by atoms with Gasteiger partial charge in [-0.1, -0.05) is 31.3 Å². The number of thiocarbonyl (C=S) groups is 1. The Hall–Kier alpha value is -1.94. The highest BCUT2D eigenvalue weighted by atomic mass is 32.1. The Morgan fingerprint density at radius 1 is 1.26 bits per heavy atom. The molecule has 0 bridgehead atoms. The Kier molecular flexibility index (Phi) is 4.12. The van der Waals surface area contributed by atoms with Gasteiger partial charge in [-0.2, -0.15) is 0 Å². The van der Waals surface area contributed by atoms with Crippen molar-refractivity contribution in [2.75, 3.05) is 0 Å². The largest absolute Gasteiger partial charge is 0.454 e. The van der Waals surface area contributed by atoms with Gasteiger partial charge in [-0.15, -0.1) is 0 Å². The van der Waals surface area contributed by atoms with Crippen LogP contribution in [0, 0.1) is 5.82 Å². The molecule has 0 aliphatic carbocycles. The standard InChI is InChI=1S/C15H14FNOS/c1-2-10-4-3-5-12(8-10)18-14-7-6-11(15(17)19)9-13(14)16/h3-9H,2H2,1H3,(H2,17,19). The first-order valence-electron chi connectivity index (χ1n) is 5.96. The second-order valence-corrected chi connectivity index (χ2v) is 4.55. The average Bonchev–Trinajstić information content (AvgIpc) is 2.41. The topological polar surface area (TPSA) is 35.2 Å². The van der Waals surface area contributed by atoms with Crippen LogP contribution in [-0.4, -0.2) is 4.99 Å². The molecule has 2 N–H and O–H groups in total. The van der Waals surface area contributed by atoms with Crippen LogP contribution in [0.4, 0.5) is 4.39 Å². The molecule has 0 aromatic heterocycles. The molecule has 98 valence electrons. The van der Waals surface area contributed by atoms with E-state index < -0.39 is 5.82 Å². The first kappa shape index (κ1) is 13.5. The first-order chi connectivity index (χ1) is 9.10. The van der Waals surface area contributed by atoms with Gasteiger partial charge in [-0.3, -0.25) is 0 Å². The molecular formula is C15H14FNOS. The van der Waals surface area contributed by atoms with Gasteiger partial charge in [0, 0.05) is 5.56 Å². The first-order valence-corrected chi connectivity index (χ1v) is 6.37. The Morgan fingerprint density at radius 2 is 2.05 bits per heavy atom. The molecular weight excluding hydrogens is 261 g/mol. The van der Waals surface area contributed by atoms with Gasteiger partial charge in [-0.05, 0) is 42.3 Å². The van der Waals surface area contributed by atoms with Crippen LogP contribution < -0.4 is 10.5 Å². The van der Waals surface area contributed by atoms with Crippen molar-refractivity contribution in [3.8, 4) is 11.5 Å². The predicted octanol–water partition coefficient (Wildman–Crippen LogP) is 3.81. The van der Waals surface area contributed by atoms with Crippen LogP contribution in [-0.2, 0) is 6.42 Å². The maximum Gasteiger partial charge on any atom is 0.166 e. The van der Waals surface area contributed by atoms with Crippen LogP contribution in [0.5, 0.6) is 11.5 Å². The SMILES string of the molecule is CCc1cccc(Oc2ccc(C(N)=S)cc2F)c1. The second kappa shape index (κ2) is 5.80. The summed E-state index contributed by atoms with van der Waals surface area (Å²) in [4.78, 5) is 0.165. The lowest BCUT2D eigenvalue weighted by molar-refractivity contribution is 0.442. The van der Waals surface area contributed by atoms with Crippen LogP contribution in [0.2, 0.25) is 0 Å². The molecule has 4 heteroatoms. The molecule has 0 saturated heterocycles. The molecule has 0 heterocycles. The summed E-state index contributed by atoms with van der Waals surface area (Å²) in [5.74, 6) is 0.293. The zero-order valence-electron chi connectivity index (χ0n) is 10.5. The average molecular weight is 275 g/mol. The molecule has 2 aromatic carbocycles. The van der Waals surface area contributed by atoms with Crippen molar-refractivity contribution in [2.24, 2.45) is 5.73 Å². The van der Waals surface area contributed by atoms with Gasteiger partial charge >= 0.3 is 0 Å². The quantitative estimate of drug-likeness (QED) is 0.862. The molecule has 2 aromatic rings. The van der Waals surface area contributed by atoms with E-state index in [0.29, 0.717) is 11.3 Å². The van der Waals surface area contributed by atoms with Gasteiger partial charge in [0.1, 0.15) is 10.7 Å². The van der Waals surface area contributed by atoms with E-state index in [2.05, 4.69) is 6.92 Å². The molecule has 0 unspecified atom stereocenters. The number of aryl methyl sites for hydroxylation is 1. The summed E-state index contributed by atoms with van der Waals surface area (Å²) < 4.78 is 19.4. The van der Waals surface area contributed by atoms with E-state index in [9.17, 15) is 4.39 Å². The smallest absolute Gasteiger partial charge is 0.166 e. The predicted molar refractivity (Wildman–Crippen MR) is 78.2 cm³/mol. The van der Waals surface area contributed by atoms with E-state index in [1.165, 1.54) is 12.1 Å². The van der Waals surface area contributed by atoms with Crippen molar-refractivity contribution in [2.45, 2.75) is 13.3 Å². The number of hydrogen-bond donors (Lipinski definition) is 1. The van der Waals surface area contributed by atoms with E-state index in [4.69, 9.17) is 22.7 Å². The van der Waals surface area contributed by atoms with Gasteiger partial charge in [-0.25, -0.2) is 4.39 Å². The molecule has 0 amide bonds. The van der Waals surface area contributed by atoms with Crippen molar-refractivity contribution < 1.29 is 9.13 Å². The third-order valence-electron chi connectivity index (χ3n) is 2.75. The Bertz CT molecular complexity index is 613. The number of hydrogen-bond acceptors (Lipinski definition) is 2. The minimum absolute atomic E-state index is 0.160. The number of rotatable bonds is 4. The molecule has 0 fully saturated rings. The second-order valence-electron chi connectivity index (χ2n) is 4.11. The fourth-order valence-corrected chi connectivity index (χ4v) is 1.82. The van der Waals surface area contributed by atoms with Crippen LogP contribution >= 0.6 is 12.2 Å². The van der Waals surface area contributed by atoms with Crippen LogP contribution in [0.15, 0.2) is 42.5 Å². The highest BCUT2D eigenvalue weighted by Gasteiger charge is 2.07. The summed E-state index contributed by atoms with van der Waals surface area (Å²) in [5.41, 5.74) is 7.07. The fraction of sp³-hybridized carbons (Fsp3) is 0.133. The molecule has 0 saturated carbocycles. The summed E-state index contributed by atoms with van der Waals surface area (Å²) in [6, 6.07) is 12.0. The van der Waals surface area contributed by atoms with E-state index in [-0.39, 0.29) is 10.7 Å². The number of halogens is 1. The molecule has 2 nitrogen and oxygen atoms in total. The monoisotopic (exact) mass is 275 g/mol. The normalized spacial score (nSPS) is 10.2. The fourth-order valence-electron chi connectivity index (χ4n) is 1.69. The van der Waals surface area contributed by atoms with Gasteiger partial charge in [0.25, 0.3) is 0 Å². The Morgan fingerprint density at radius 3 is 2.68 bits per heavy atom. The van der Waals surface area contributed by atoms with E-state index in [1.807, 2.05) is 18.2 Å². The van der Waals surface area contributed by atoms with Gasteiger partial charge < -0.3 is 10.5 Å². The zero-order chi connectivity index (χ0) is 13.8. The zero-order valence-corrected chi connectivity index (χ0v) is 11.3. The number of ether oxygens (including phenoxy) is 1. The van der Waals surface area contributed by atoms with Crippen molar-refractivity contribution in [1.29, 1.82) is 0 Å². The molecule has 0 aliphatic rings. The number of nitrogens with two attached hydrogens (primary N) is 1. The Balaban J connectivity index is 2.25. The third-order valence-corrected chi connectivity index (χ3v) is 2.99. The Labute approximate surface area is 117 Å². The molecule has 2 rings (SSSR count).